The molecule has 3 aromatic rings. The first-order valence-corrected chi connectivity index (χ1v) is 9.92. The molecule has 1 aromatic carbocycles. The second kappa shape index (κ2) is 7.85. The standard InChI is InChI=1S/C16H20N4O2S2/c1-4-21-12-8-7-11(9-13(12)22-5-2)15-19-20-14(10-23-6-3)17-18-16(20)24-15/h7-9H,4-6,10H2,1-3H3. The first-order valence-electron chi connectivity index (χ1n) is 7.95. The highest BCUT2D eigenvalue weighted by Crippen LogP contribution is 2.34. The zero-order valence-corrected chi connectivity index (χ0v) is 15.6. The van der Waals surface area contributed by atoms with Crippen molar-refractivity contribution in [3.8, 4) is 22.1 Å². The number of ether oxygens (including phenoxy) is 2. The van der Waals surface area contributed by atoms with Crippen molar-refractivity contribution in [1.82, 2.24) is 19.8 Å². The van der Waals surface area contributed by atoms with E-state index in [1.165, 1.54) is 11.3 Å². The van der Waals surface area contributed by atoms with Crippen molar-refractivity contribution in [3.63, 3.8) is 0 Å². The van der Waals surface area contributed by atoms with E-state index in [0.29, 0.717) is 13.2 Å². The second-order valence-corrected chi connectivity index (χ2v) is 7.11. The molecule has 6 nitrogen and oxygen atoms in total. The molecule has 0 radical (unpaired) electrons. The van der Waals surface area contributed by atoms with Crippen LogP contribution in [0.2, 0.25) is 0 Å². The minimum atomic E-state index is 0.590. The summed E-state index contributed by atoms with van der Waals surface area (Å²) in [5.41, 5.74) is 0.992. The Hall–Kier alpha value is -1.80. The van der Waals surface area contributed by atoms with E-state index in [2.05, 4.69) is 22.2 Å². The van der Waals surface area contributed by atoms with Crippen LogP contribution in [0, 0.1) is 0 Å². The maximum absolute atomic E-state index is 5.70. The lowest BCUT2D eigenvalue weighted by atomic mass is 10.2. The highest BCUT2D eigenvalue weighted by atomic mass is 32.2. The lowest BCUT2D eigenvalue weighted by Gasteiger charge is -2.11. The average Bonchev–Trinajstić information content (AvgIpc) is 3.16. The Morgan fingerprint density at radius 3 is 2.62 bits per heavy atom. The molecule has 0 fully saturated rings. The number of hydrogen-bond acceptors (Lipinski definition) is 7. The van der Waals surface area contributed by atoms with Crippen LogP contribution < -0.4 is 9.47 Å². The maximum atomic E-state index is 5.70. The number of benzene rings is 1. The van der Waals surface area contributed by atoms with Crippen molar-refractivity contribution in [2.45, 2.75) is 26.5 Å². The van der Waals surface area contributed by atoms with Gasteiger partial charge >= 0.3 is 0 Å². The molecular formula is C16H20N4O2S2. The normalized spacial score (nSPS) is 11.1. The average molecular weight is 364 g/mol. The summed E-state index contributed by atoms with van der Waals surface area (Å²) < 4.78 is 13.1. The molecule has 3 rings (SSSR count). The molecule has 0 aliphatic heterocycles. The van der Waals surface area contributed by atoms with Crippen molar-refractivity contribution < 1.29 is 9.47 Å². The molecule has 0 saturated carbocycles. The quantitative estimate of drug-likeness (QED) is 0.604. The highest BCUT2D eigenvalue weighted by molar-refractivity contribution is 7.98. The van der Waals surface area contributed by atoms with Gasteiger partial charge < -0.3 is 9.47 Å². The van der Waals surface area contributed by atoms with Crippen molar-refractivity contribution in [2.24, 2.45) is 0 Å². The molecule has 24 heavy (non-hydrogen) atoms. The fourth-order valence-corrected chi connectivity index (χ4v) is 3.66. The zero-order chi connectivity index (χ0) is 16.9. The molecule has 0 aliphatic rings. The van der Waals surface area contributed by atoms with E-state index in [9.17, 15) is 0 Å². The van der Waals surface area contributed by atoms with Crippen LogP contribution in [0.1, 0.15) is 26.6 Å². The van der Waals surface area contributed by atoms with Gasteiger partial charge in [0.2, 0.25) is 4.96 Å². The SMILES string of the molecule is CCOc1ccc(-c2nn3c(CSCC)nnc3s2)cc1OCC. The number of aromatic nitrogens is 4. The minimum absolute atomic E-state index is 0.590. The number of thioether (sulfide) groups is 1. The molecule has 2 aromatic heterocycles. The second-order valence-electron chi connectivity index (χ2n) is 4.88. The summed E-state index contributed by atoms with van der Waals surface area (Å²) in [5, 5.41) is 14.0. The molecule has 0 amide bonds. The fraction of sp³-hybridized carbons (Fsp3) is 0.438. The Labute approximate surface area is 149 Å². The summed E-state index contributed by atoms with van der Waals surface area (Å²) in [7, 11) is 0. The summed E-state index contributed by atoms with van der Waals surface area (Å²) in [6.45, 7) is 7.25. The van der Waals surface area contributed by atoms with Crippen LogP contribution in [-0.2, 0) is 5.75 Å². The van der Waals surface area contributed by atoms with Gasteiger partial charge in [0.25, 0.3) is 0 Å². The van der Waals surface area contributed by atoms with Crippen molar-refractivity contribution >= 4 is 28.1 Å². The van der Waals surface area contributed by atoms with Gasteiger partial charge in [-0.25, -0.2) is 0 Å². The van der Waals surface area contributed by atoms with Gasteiger partial charge in [-0.2, -0.15) is 21.4 Å². The third-order valence-corrected chi connectivity index (χ3v) is 5.10. The molecule has 0 unspecified atom stereocenters. The third kappa shape index (κ3) is 3.49. The monoisotopic (exact) mass is 364 g/mol. The van der Waals surface area contributed by atoms with Gasteiger partial charge in [0.1, 0.15) is 5.01 Å². The van der Waals surface area contributed by atoms with Crippen LogP contribution in [-0.4, -0.2) is 38.8 Å². The maximum Gasteiger partial charge on any atom is 0.235 e. The van der Waals surface area contributed by atoms with Gasteiger partial charge in [-0.05, 0) is 37.8 Å². The van der Waals surface area contributed by atoms with Crippen molar-refractivity contribution in [1.29, 1.82) is 0 Å². The topological polar surface area (TPSA) is 61.5 Å². The van der Waals surface area contributed by atoms with Gasteiger partial charge in [0.05, 0.1) is 19.0 Å². The Morgan fingerprint density at radius 1 is 1.08 bits per heavy atom. The van der Waals surface area contributed by atoms with Gasteiger partial charge in [-0.1, -0.05) is 18.3 Å². The molecule has 0 bridgehead atoms. The van der Waals surface area contributed by atoms with Gasteiger partial charge in [-0.3, -0.25) is 0 Å². The molecule has 128 valence electrons. The van der Waals surface area contributed by atoms with Crippen LogP contribution in [0.15, 0.2) is 18.2 Å². The van der Waals surface area contributed by atoms with Crippen LogP contribution in [0.4, 0.5) is 0 Å². The van der Waals surface area contributed by atoms with E-state index in [4.69, 9.17) is 9.47 Å². The molecular weight excluding hydrogens is 344 g/mol. The van der Waals surface area contributed by atoms with Crippen LogP contribution in [0.25, 0.3) is 15.5 Å². The lowest BCUT2D eigenvalue weighted by molar-refractivity contribution is 0.288. The molecule has 0 aliphatic carbocycles. The molecule has 8 heteroatoms. The smallest absolute Gasteiger partial charge is 0.235 e. The number of fused-ring (bicyclic) bond motifs is 1. The molecule has 0 atom stereocenters. The Balaban J connectivity index is 1.94. The zero-order valence-electron chi connectivity index (χ0n) is 14.0. The predicted octanol–water partition coefficient (Wildman–Crippen LogP) is 3.90. The molecule has 0 spiro atoms. The van der Waals surface area contributed by atoms with Crippen LogP contribution in [0.5, 0.6) is 11.5 Å². The van der Waals surface area contributed by atoms with E-state index in [1.54, 1.807) is 11.8 Å². The molecule has 0 N–H and O–H groups in total. The first-order chi connectivity index (χ1) is 11.8. The van der Waals surface area contributed by atoms with Crippen molar-refractivity contribution in [3.05, 3.63) is 24.0 Å². The predicted molar refractivity (Wildman–Crippen MR) is 98.3 cm³/mol. The van der Waals surface area contributed by atoms with E-state index in [1.807, 2.05) is 36.6 Å². The number of nitrogens with zero attached hydrogens (tertiary/aromatic N) is 4. The van der Waals surface area contributed by atoms with Crippen LogP contribution >= 0.6 is 23.1 Å². The minimum Gasteiger partial charge on any atom is -0.490 e. The highest BCUT2D eigenvalue weighted by Gasteiger charge is 2.15. The van der Waals surface area contributed by atoms with Crippen molar-refractivity contribution in [2.75, 3.05) is 19.0 Å². The summed E-state index contributed by atoms with van der Waals surface area (Å²) in [6.07, 6.45) is 0. The van der Waals surface area contributed by atoms with E-state index in [-0.39, 0.29) is 0 Å². The Morgan fingerprint density at radius 2 is 1.88 bits per heavy atom. The summed E-state index contributed by atoms with van der Waals surface area (Å²) in [5.74, 6) is 4.24. The number of hydrogen-bond donors (Lipinski definition) is 0. The summed E-state index contributed by atoms with van der Waals surface area (Å²) >= 11 is 3.33. The van der Waals surface area contributed by atoms with Gasteiger partial charge in [0.15, 0.2) is 17.3 Å². The Kier molecular flexibility index (Phi) is 5.57. The lowest BCUT2D eigenvalue weighted by Crippen LogP contribution is -1.98. The van der Waals surface area contributed by atoms with Gasteiger partial charge in [-0.15, -0.1) is 10.2 Å². The van der Waals surface area contributed by atoms with E-state index in [0.717, 1.165) is 44.4 Å². The van der Waals surface area contributed by atoms with E-state index >= 15 is 0 Å². The third-order valence-electron chi connectivity index (χ3n) is 3.28. The number of rotatable bonds is 8. The van der Waals surface area contributed by atoms with Crippen LogP contribution in [0.3, 0.4) is 0 Å². The molecule has 0 saturated heterocycles. The van der Waals surface area contributed by atoms with E-state index < -0.39 is 0 Å². The first kappa shape index (κ1) is 17.0. The largest absolute Gasteiger partial charge is 0.490 e. The van der Waals surface area contributed by atoms with Gasteiger partial charge in [0, 0.05) is 5.56 Å². The fourth-order valence-electron chi connectivity index (χ4n) is 2.24. The molecule has 2 heterocycles. The Bertz CT molecular complexity index is 816. The summed E-state index contributed by atoms with van der Waals surface area (Å²) in [4.78, 5) is 0.809. The summed E-state index contributed by atoms with van der Waals surface area (Å²) in [6, 6.07) is 5.90.